The Labute approximate surface area is 209 Å². The summed E-state index contributed by atoms with van der Waals surface area (Å²) < 4.78 is 18.5. The van der Waals surface area contributed by atoms with Crippen molar-refractivity contribution in [3.05, 3.63) is 49.1 Å². The largest absolute Gasteiger partial charge is 0.497 e. The van der Waals surface area contributed by atoms with E-state index in [0.29, 0.717) is 6.42 Å². The van der Waals surface area contributed by atoms with Gasteiger partial charge in [0.05, 0.1) is 25.9 Å². The van der Waals surface area contributed by atoms with Gasteiger partial charge in [-0.3, -0.25) is 0 Å². The molecule has 0 bridgehead atoms. The Morgan fingerprint density at radius 3 is 2.32 bits per heavy atom. The predicted molar refractivity (Wildman–Crippen MR) is 145 cm³/mol. The maximum Gasteiger partial charge on any atom is 0.192 e. The van der Waals surface area contributed by atoms with Crippen molar-refractivity contribution in [2.45, 2.75) is 96.1 Å². The Morgan fingerprint density at radius 1 is 1.18 bits per heavy atom. The lowest BCUT2D eigenvalue weighted by Gasteiger charge is -2.55. The van der Waals surface area contributed by atoms with Crippen LogP contribution in [0.3, 0.4) is 0 Å². The SMILES string of the molecule is C=CC[C@]1(O)[C@@H]([C@@H](c2cc(OC)ccc2OC)[C@H](C=C)O[Si](C)(C)C(C)(C)C)CCCC1(C)C. The molecule has 34 heavy (non-hydrogen) atoms. The Kier molecular flexibility index (Phi) is 8.93. The lowest BCUT2D eigenvalue weighted by molar-refractivity contribution is -0.149. The maximum absolute atomic E-state index is 12.4. The monoisotopic (exact) mass is 488 g/mol. The Morgan fingerprint density at radius 2 is 1.82 bits per heavy atom. The summed E-state index contributed by atoms with van der Waals surface area (Å²) >= 11 is 0. The zero-order chi connectivity index (χ0) is 25.9. The summed E-state index contributed by atoms with van der Waals surface area (Å²) in [6.45, 7) is 23.9. The molecule has 0 saturated heterocycles. The van der Waals surface area contributed by atoms with Crippen molar-refractivity contribution in [3.63, 3.8) is 0 Å². The molecule has 0 aromatic heterocycles. The molecular weight excluding hydrogens is 440 g/mol. The van der Waals surface area contributed by atoms with Gasteiger partial charge in [-0.1, -0.05) is 53.2 Å². The van der Waals surface area contributed by atoms with E-state index < -0.39 is 13.9 Å². The third-order valence-electron chi connectivity index (χ3n) is 8.61. The third kappa shape index (κ3) is 5.47. The fourth-order valence-corrected chi connectivity index (χ4v) is 6.63. The quantitative estimate of drug-likeness (QED) is 0.274. The van der Waals surface area contributed by atoms with Crippen LogP contribution in [0, 0.1) is 11.3 Å². The van der Waals surface area contributed by atoms with Gasteiger partial charge in [-0.05, 0) is 66.9 Å². The lowest BCUT2D eigenvalue weighted by Crippen LogP contribution is -2.57. The molecule has 1 fully saturated rings. The van der Waals surface area contributed by atoms with E-state index in [1.165, 1.54) is 0 Å². The molecule has 0 heterocycles. The minimum atomic E-state index is -2.14. The molecule has 0 aliphatic heterocycles. The third-order valence-corrected chi connectivity index (χ3v) is 13.1. The molecular formula is C29H48O4Si. The smallest absolute Gasteiger partial charge is 0.192 e. The number of benzene rings is 1. The zero-order valence-corrected chi connectivity index (χ0v) is 24.0. The number of hydrogen-bond acceptors (Lipinski definition) is 4. The van der Waals surface area contributed by atoms with Gasteiger partial charge in [-0.25, -0.2) is 0 Å². The summed E-state index contributed by atoms with van der Waals surface area (Å²) in [5.74, 6) is 1.32. The summed E-state index contributed by atoms with van der Waals surface area (Å²) in [4.78, 5) is 0. The minimum Gasteiger partial charge on any atom is -0.497 e. The molecule has 0 radical (unpaired) electrons. The van der Waals surface area contributed by atoms with Crippen molar-refractivity contribution in [3.8, 4) is 11.5 Å². The van der Waals surface area contributed by atoms with Crippen molar-refractivity contribution in [1.29, 1.82) is 0 Å². The molecule has 1 aliphatic carbocycles. The number of methoxy groups -OCH3 is 2. The molecule has 1 aromatic rings. The summed E-state index contributed by atoms with van der Waals surface area (Å²) in [5.41, 5.74) is -0.211. The normalized spacial score (nSPS) is 24.7. The fraction of sp³-hybridized carbons (Fsp3) is 0.655. The van der Waals surface area contributed by atoms with E-state index >= 15 is 0 Å². The molecule has 1 aromatic carbocycles. The first-order valence-electron chi connectivity index (χ1n) is 12.5. The van der Waals surface area contributed by atoms with Crippen LogP contribution in [0.2, 0.25) is 18.1 Å². The van der Waals surface area contributed by atoms with Gasteiger partial charge in [0.25, 0.3) is 0 Å². The first-order valence-corrected chi connectivity index (χ1v) is 15.5. The maximum atomic E-state index is 12.4. The van der Waals surface area contributed by atoms with Crippen molar-refractivity contribution in [2.24, 2.45) is 11.3 Å². The van der Waals surface area contributed by atoms with Gasteiger partial charge < -0.3 is 19.0 Å². The summed E-state index contributed by atoms with van der Waals surface area (Å²) in [5, 5.41) is 12.4. The van der Waals surface area contributed by atoms with Crippen LogP contribution < -0.4 is 9.47 Å². The summed E-state index contributed by atoms with van der Waals surface area (Å²) in [7, 11) is 1.23. The van der Waals surface area contributed by atoms with Crippen LogP contribution in [0.1, 0.15) is 71.8 Å². The molecule has 0 amide bonds. The number of aliphatic hydroxyl groups is 1. The lowest BCUT2D eigenvalue weighted by atomic mass is 9.54. The second kappa shape index (κ2) is 10.6. The molecule has 4 atom stereocenters. The van der Waals surface area contributed by atoms with Gasteiger partial charge in [-0.15, -0.1) is 13.2 Å². The van der Waals surface area contributed by atoms with Crippen LogP contribution in [0.4, 0.5) is 0 Å². The molecule has 0 unspecified atom stereocenters. The Bertz CT molecular complexity index is 854. The van der Waals surface area contributed by atoms with Crippen LogP contribution in [-0.4, -0.2) is 39.3 Å². The average Bonchev–Trinajstić information content (AvgIpc) is 2.75. The Hall–Kier alpha value is -1.56. The molecule has 2 rings (SSSR count). The highest BCUT2D eigenvalue weighted by molar-refractivity contribution is 6.74. The molecule has 4 nitrogen and oxygen atoms in total. The second-order valence-electron chi connectivity index (χ2n) is 12.0. The standard InChI is InChI=1S/C29H48O4Si/c1-12-18-29(30)23(15-14-19-28(29,6)7)26(22-20-21(31-8)16-17-25(22)32-9)24(13-2)33-34(10,11)27(3,4)5/h12-13,16-17,20,23-24,26,30H,1-2,14-15,18-19H2,3-11H3/t23-,24+,26-,29+/m1/s1. The van der Waals surface area contributed by atoms with Crippen LogP contribution >= 0.6 is 0 Å². The average molecular weight is 489 g/mol. The van der Waals surface area contributed by atoms with Gasteiger partial charge in [0.1, 0.15) is 11.5 Å². The Balaban J connectivity index is 2.79. The zero-order valence-electron chi connectivity index (χ0n) is 23.0. The van der Waals surface area contributed by atoms with Crippen LogP contribution in [0.25, 0.3) is 0 Å². The highest BCUT2D eigenvalue weighted by Gasteiger charge is 2.55. The van der Waals surface area contributed by atoms with E-state index in [2.05, 4.69) is 60.9 Å². The van der Waals surface area contributed by atoms with Crippen molar-refractivity contribution < 1.29 is 19.0 Å². The summed E-state index contributed by atoms with van der Waals surface area (Å²) in [6.07, 6.45) is 6.94. The number of hydrogen-bond donors (Lipinski definition) is 1. The van der Waals surface area contributed by atoms with E-state index in [4.69, 9.17) is 13.9 Å². The van der Waals surface area contributed by atoms with Gasteiger partial charge in [0.15, 0.2) is 8.32 Å². The first kappa shape index (κ1) is 28.7. The number of ether oxygens (including phenoxy) is 2. The molecule has 0 spiro atoms. The van der Waals surface area contributed by atoms with Gasteiger partial charge in [0.2, 0.25) is 0 Å². The van der Waals surface area contributed by atoms with Gasteiger partial charge in [0, 0.05) is 11.5 Å². The van der Waals surface area contributed by atoms with E-state index in [1.807, 2.05) is 30.4 Å². The molecule has 1 N–H and O–H groups in total. The summed E-state index contributed by atoms with van der Waals surface area (Å²) in [6, 6.07) is 5.91. The van der Waals surface area contributed by atoms with Crippen LogP contribution in [-0.2, 0) is 4.43 Å². The molecule has 192 valence electrons. The minimum absolute atomic E-state index is 0.0422. The highest BCUT2D eigenvalue weighted by Crippen LogP contribution is 2.56. The van der Waals surface area contributed by atoms with E-state index in [1.54, 1.807) is 14.2 Å². The number of rotatable bonds is 10. The molecule has 1 aliphatic rings. The highest BCUT2D eigenvalue weighted by atomic mass is 28.4. The predicted octanol–water partition coefficient (Wildman–Crippen LogP) is 7.50. The van der Waals surface area contributed by atoms with Gasteiger partial charge >= 0.3 is 0 Å². The molecule has 5 heteroatoms. The van der Waals surface area contributed by atoms with Gasteiger partial charge in [-0.2, -0.15) is 0 Å². The van der Waals surface area contributed by atoms with E-state index in [0.717, 1.165) is 36.3 Å². The topological polar surface area (TPSA) is 47.9 Å². The second-order valence-corrected chi connectivity index (χ2v) is 16.8. The first-order chi connectivity index (χ1) is 15.7. The van der Waals surface area contributed by atoms with Crippen molar-refractivity contribution >= 4 is 8.32 Å². The van der Waals surface area contributed by atoms with Crippen LogP contribution in [0.15, 0.2) is 43.5 Å². The van der Waals surface area contributed by atoms with E-state index in [-0.39, 0.29) is 28.4 Å². The van der Waals surface area contributed by atoms with Crippen molar-refractivity contribution in [1.82, 2.24) is 0 Å². The van der Waals surface area contributed by atoms with Crippen molar-refractivity contribution in [2.75, 3.05) is 14.2 Å². The van der Waals surface area contributed by atoms with E-state index in [9.17, 15) is 5.11 Å². The molecule has 1 saturated carbocycles. The fourth-order valence-electron chi connectivity index (χ4n) is 5.35. The van der Waals surface area contributed by atoms with Crippen LogP contribution in [0.5, 0.6) is 11.5 Å².